The van der Waals surface area contributed by atoms with E-state index in [-0.39, 0.29) is 5.02 Å². The average molecular weight is 403 g/mol. The van der Waals surface area contributed by atoms with E-state index in [0.717, 1.165) is 0 Å². The van der Waals surface area contributed by atoms with Crippen molar-refractivity contribution in [3.63, 3.8) is 0 Å². The van der Waals surface area contributed by atoms with Crippen LogP contribution < -0.4 is 5.32 Å². The number of nitrogens with zero attached hydrogens (tertiary/aromatic N) is 1. The minimum Gasteiger partial charge on any atom is -0.449 e. The molecular formula is C20H16Cl2N2O3. The molecule has 1 unspecified atom stereocenters. The number of hydrogen-bond donors (Lipinski definition) is 1. The van der Waals surface area contributed by atoms with Crippen LogP contribution in [0.25, 0.3) is 10.9 Å². The van der Waals surface area contributed by atoms with E-state index in [2.05, 4.69) is 10.3 Å². The van der Waals surface area contributed by atoms with Crippen LogP contribution in [0.4, 0.5) is 5.69 Å². The number of halogens is 2. The number of ether oxygens (including phenoxy) is 1. The van der Waals surface area contributed by atoms with Crippen molar-refractivity contribution >= 4 is 51.7 Å². The molecule has 0 saturated heterocycles. The number of nitrogens with one attached hydrogen (secondary N) is 1. The molecule has 1 aromatic heterocycles. The standard InChI is InChI=1S/C20H16Cl2N2O3/c1-11-10-14(13-6-3-4-8-16(13)23-11)20(26)27-12(2)19(25)24-17-9-5-7-15(21)18(17)22/h3-10,12H,1-2H3,(H,24,25). The summed E-state index contributed by atoms with van der Waals surface area (Å²) in [6.45, 7) is 3.28. The predicted octanol–water partition coefficient (Wildman–Crippen LogP) is 5.03. The van der Waals surface area contributed by atoms with Crippen LogP contribution in [0.3, 0.4) is 0 Å². The maximum atomic E-state index is 12.6. The van der Waals surface area contributed by atoms with E-state index in [1.54, 1.807) is 37.3 Å². The van der Waals surface area contributed by atoms with Crippen LogP contribution in [0, 0.1) is 6.92 Å². The Morgan fingerprint density at radius 2 is 1.85 bits per heavy atom. The van der Waals surface area contributed by atoms with E-state index in [1.807, 2.05) is 18.2 Å². The number of pyridine rings is 1. The van der Waals surface area contributed by atoms with Crippen molar-refractivity contribution in [1.82, 2.24) is 4.98 Å². The maximum absolute atomic E-state index is 12.6. The monoisotopic (exact) mass is 402 g/mol. The van der Waals surface area contributed by atoms with Crippen molar-refractivity contribution in [1.29, 1.82) is 0 Å². The summed E-state index contributed by atoms with van der Waals surface area (Å²) in [5, 5.41) is 3.82. The van der Waals surface area contributed by atoms with E-state index >= 15 is 0 Å². The first kappa shape index (κ1) is 19.1. The highest BCUT2D eigenvalue weighted by Gasteiger charge is 2.22. The molecule has 1 atom stereocenters. The van der Waals surface area contributed by atoms with Crippen LogP contribution >= 0.6 is 23.2 Å². The summed E-state index contributed by atoms with van der Waals surface area (Å²) in [6.07, 6.45) is -1.03. The third-order valence-corrected chi connectivity index (χ3v) is 4.75. The maximum Gasteiger partial charge on any atom is 0.339 e. The number of aryl methyl sites for hydroxylation is 1. The van der Waals surface area contributed by atoms with E-state index in [0.29, 0.717) is 32.9 Å². The molecule has 7 heteroatoms. The zero-order valence-corrected chi connectivity index (χ0v) is 16.1. The average Bonchev–Trinajstić information content (AvgIpc) is 2.64. The fourth-order valence-electron chi connectivity index (χ4n) is 2.59. The van der Waals surface area contributed by atoms with Gasteiger partial charge in [0.15, 0.2) is 6.10 Å². The van der Waals surface area contributed by atoms with Crippen molar-refractivity contribution in [2.24, 2.45) is 0 Å². The van der Waals surface area contributed by atoms with Gasteiger partial charge in [-0.25, -0.2) is 4.79 Å². The zero-order chi connectivity index (χ0) is 19.6. The van der Waals surface area contributed by atoms with Gasteiger partial charge in [-0.2, -0.15) is 0 Å². The molecule has 0 fully saturated rings. The molecule has 138 valence electrons. The topological polar surface area (TPSA) is 68.3 Å². The van der Waals surface area contributed by atoms with Gasteiger partial charge in [0.25, 0.3) is 5.91 Å². The zero-order valence-electron chi connectivity index (χ0n) is 14.6. The molecule has 0 aliphatic heterocycles. The Morgan fingerprint density at radius 3 is 2.63 bits per heavy atom. The largest absolute Gasteiger partial charge is 0.449 e. The number of carbonyl (C=O) groups excluding carboxylic acids is 2. The molecule has 5 nitrogen and oxygen atoms in total. The molecule has 0 aliphatic rings. The molecule has 1 N–H and O–H groups in total. The molecule has 0 saturated carbocycles. The molecule has 0 aliphatic carbocycles. The fraction of sp³-hybridized carbons (Fsp3) is 0.150. The summed E-state index contributed by atoms with van der Waals surface area (Å²) >= 11 is 12.0. The summed E-state index contributed by atoms with van der Waals surface area (Å²) in [6, 6.07) is 13.8. The first-order chi connectivity index (χ1) is 12.9. The van der Waals surface area contributed by atoms with Crippen LogP contribution in [0.1, 0.15) is 23.0 Å². The normalized spacial score (nSPS) is 11.9. The van der Waals surface area contributed by atoms with E-state index in [4.69, 9.17) is 27.9 Å². The molecule has 0 spiro atoms. The Labute approximate surface area is 166 Å². The number of aromatic nitrogens is 1. The van der Waals surface area contributed by atoms with Crippen molar-refractivity contribution in [2.75, 3.05) is 5.32 Å². The highest BCUT2D eigenvalue weighted by Crippen LogP contribution is 2.29. The summed E-state index contributed by atoms with van der Waals surface area (Å²) < 4.78 is 5.35. The fourth-order valence-corrected chi connectivity index (χ4v) is 2.94. The summed E-state index contributed by atoms with van der Waals surface area (Å²) in [4.78, 5) is 29.4. The number of fused-ring (bicyclic) bond motifs is 1. The number of esters is 1. The van der Waals surface area contributed by atoms with Crippen molar-refractivity contribution in [2.45, 2.75) is 20.0 Å². The van der Waals surface area contributed by atoms with Gasteiger partial charge in [0.2, 0.25) is 0 Å². The van der Waals surface area contributed by atoms with E-state index < -0.39 is 18.0 Å². The Bertz CT molecular complexity index is 1040. The van der Waals surface area contributed by atoms with E-state index in [1.165, 1.54) is 6.92 Å². The second-order valence-corrected chi connectivity index (χ2v) is 6.75. The second kappa shape index (κ2) is 7.94. The predicted molar refractivity (Wildman–Crippen MR) is 106 cm³/mol. The smallest absolute Gasteiger partial charge is 0.339 e. The van der Waals surface area contributed by atoms with Gasteiger partial charge in [0, 0.05) is 11.1 Å². The van der Waals surface area contributed by atoms with Crippen LogP contribution in [0.2, 0.25) is 10.0 Å². The van der Waals surface area contributed by atoms with Gasteiger partial charge in [-0.1, -0.05) is 47.5 Å². The van der Waals surface area contributed by atoms with Gasteiger partial charge in [-0.15, -0.1) is 0 Å². The Balaban J connectivity index is 1.78. The van der Waals surface area contributed by atoms with Crippen molar-refractivity contribution in [3.05, 3.63) is 69.8 Å². The van der Waals surface area contributed by atoms with E-state index in [9.17, 15) is 9.59 Å². The Hall–Kier alpha value is -2.63. The van der Waals surface area contributed by atoms with Crippen LogP contribution in [0.15, 0.2) is 48.5 Å². The molecule has 3 rings (SSSR count). The minimum absolute atomic E-state index is 0.224. The number of carbonyl (C=O) groups is 2. The molecule has 0 bridgehead atoms. The lowest BCUT2D eigenvalue weighted by molar-refractivity contribution is -0.123. The lowest BCUT2D eigenvalue weighted by Crippen LogP contribution is -2.30. The number of amides is 1. The number of benzene rings is 2. The summed E-state index contributed by atoms with van der Waals surface area (Å²) in [7, 11) is 0. The molecule has 0 radical (unpaired) electrons. The quantitative estimate of drug-likeness (QED) is 0.621. The van der Waals surface area contributed by atoms with Crippen LogP contribution in [-0.2, 0) is 9.53 Å². The van der Waals surface area contributed by atoms with Gasteiger partial charge >= 0.3 is 5.97 Å². The Morgan fingerprint density at radius 1 is 1.11 bits per heavy atom. The van der Waals surface area contributed by atoms with Gasteiger partial charge in [0.05, 0.1) is 26.8 Å². The first-order valence-electron chi connectivity index (χ1n) is 8.19. The third kappa shape index (κ3) is 4.21. The second-order valence-electron chi connectivity index (χ2n) is 5.97. The number of hydrogen-bond acceptors (Lipinski definition) is 4. The Kier molecular flexibility index (Phi) is 5.63. The highest BCUT2D eigenvalue weighted by molar-refractivity contribution is 6.44. The lowest BCUT2D eigenvalue weighted by Gasteiger charge is -2.15. The van der Waals surface area contributed by atoms with Crippen LogP contribution in [0.5, 0.6) is 0 Å². The number of rotatable bonds is 4. The molecule has 1 heterocycles. The number of anilines is 1. The molecule has 2 aromatic carbocycles. The van der Waals surface area contributed by atoms with Gasteiger partial charge in [-0.3, -0.25) is 9.78 Å². The van der Waals surface area contributed by atoms with Gasteiger partial charge in [-0.05, 0) is 38.1 Å². The number of para-hydroxylation sites is 1. The summed E-state index contributed by atoms with van der Waals surface area (Å²) in [5.41, 5.74) is 2.08. The van der Waals surface area contributed by atoms with Crippen molar-refractivity contribution < 1.29 is 14.3 Å². The third-order valence-electron chi connectivity index (χ3n) is 3.93. The highest BCUT2D eigenvalue weighted by atomic mass is 35.5. The van der Waals surface area contributed by atoms with Crippen LogP contribution in [-0.4, -0.2) is 23.0 Å². The SMILES string of the molecule is Cc1cc(C(=O)OC(C)C(=O)Nc2cccc(Cl)c2Cl)c2ccccc2n1. The molecule has 3 aromatic rings. The first-order valence-corrected chi connectivity index (χ1v) is 8.94. The molecular weight excluding hydrogens is 387 g/mol. The van der Waals surface area contributed by atoms with Gasteiger partial charge < -0.3 is 10.1 Å². The molecule has 27 heavy (non-hydrogen) atoms. The minimum atomic E-state index is -1.03. The molecule has 1 amide bonds. The van der Waals surface area contributed by atoms with Gasteiger partial charge in [0.1, 0.15) is 0 Å². The lowest BCUT2D eigenvalue weighted by atomic mass is 10.1. The summed E-state index contributed by atoms with van der Waals surface area (Å²) in [5.74, 6) is -1.11. The van der Waals surface area contributed by atoms with Crippen molar-refractivity contribution in [3.8, 4) is 0 Å².